The predicted octanol–water partition coefficient (Wildman–Crippen LogP) is 1.77. The first-order valence-electron chi connectivity index (χ1n) is 5.19. The first-order chi connectivity index (χ1) is 7.75. The number of hydrogen-bond donors (Lipinski definition) is 2. The highest BCUT2D eigenvalue weighted by atomic mass is 32.1. The molecule has 0 bridgehead atoms. The first-order valence-corrected chi connectivity index (χ1v) is 6.01. The van der Waals surface area contributed by atoms with E-state index in [9.17, 15) is 4.79 Å². The van der Waals surface area contributed by atoms with Crippen molar-refractivity contribution in [2.75, 3.05) is 5.73 Å². The second-order valence-electron chi connectivity index (χ2n) is 3.94. The lowest BCUT2D eigenvalue weighted by Crippen LogP contribution is -2.25. The fourth-order valence-electron chi connectivity index (χ4n) is 1.59. The summed E-state index contributed by atoms with van der Waals surface area (Å²) in [6, 6.07) is 4.13. The van der Waals surface area contributed by atoms with Crippen molar-refractivity contribution in [1.82, 2.24) is 10.3 Å². The van der Waals surface area contributed by atoms with Gasteiger partial charge in [-0.1, -0.05) is 0 Å². The van der Waals surface area contributed by atoms with E-state index in [-0.39, 0.29) is 5.91 Å². The van der Waals surface area contributed by atoms with Crippen LogP contribution in [0.2, 0.25) is 0 Å². The molecule has 4 nitrogen and oxygen atoms in total. The Kier molecular flexibility index (Phi) is 2.07. The van der Waals surface area contributed by atoms with E-state index in [4.69, 9.17) is 5.73 Å². The Labute approximate surface area is 96.5 Å². The van der Waals surface area contributed by atoms with E-state index in [1.807, 2.05) is 12.1 Å². The van der Waals surface area contributed by atoms with Crippen molar-refractivity contribution in [3.8, 4) is 0 Å². The summed E-state index contributed by atoms with van der Waals surface area (Å²) in [5.41, 5.74) is 7.15. The van der Waals surface area contributed by atoms with Crippen LogP contribution >= 0.6 is 11.3 Å². The summed E-state index contributed by atoms with van der Waals surface area (Å²) in [6.45, 7) is 0. The molecule has 2 aromatic heterocycles. The molecule has 82 valence electrons. The molecule has 0 atom stereocenters. The zero-order valence-corrected chi connectivity index (χ0v) is 9.38. The number of carbonyl (C=O) groups is 1. The normalized spacial score (nSPS) is 15.2. The summed E-state index contributed by atoms with van der Waals surface area (Å²) in [7, 11) is 0. The molecule has 3 rings (SSSR count). The van der Waals surface area contributed by atoms with Crippen molar-refractivity contribution in [1.29, 1.82) is 0 Å². The number of pyridine rings is 1. The van der Waals surface area contributed by atoms with Crippen LogP contribution in [0, 0.1) is 0 Å². The van der Waals surface area contributed by atoms with Crippen LogP contribution in [0.5, 0.6) is 0 Å². The van der Waals surface area contributed by atoms with Gasteiger partial charge in [0.05, 0.1) is 10.4 Å². The largest absolute Gasteiger partial charge is 0.396 e. The van der Waals surface area contributed by atoms with Gasteiger partial charge < -0.3 is 11.1 Å². The van der Waals surface area contributed by atoms with Gasteiger partial charge in [0.1, 0.15) is 10.4 Å². The minimum Gasteiger partial charge on any atom is -0.396 e. The molecule has 1 amide bonds. The molecule has 1 saturated carbocycles. The van der Waals surface area contributed by atoms with E-state index in [1.54, 1.807) is 6.20 Å². The summed E-state index contributed by atoms with van der Waals surface area (Å²) in [4.78, 5) is 16.6. The number of amides is 1. The number of anilines is 1. The molecule has 1 aliphatic rings. The second-order valence-corrected chi connectivity index (χ2v) is 4.99. The van der Waals surface area contributed by atoms with Crippen molar-refractivity contribution in [3.05, 3.63) is 23.2 Å². The van der Waals surface area contributed by atoms with Gasteiger partial charge in [0.2, 0.25) is 0 Å². The molecule has 5 heteroatoms. The number of thiophene rings is 1. The van der Waals surface area contributed by atoms with Gasteiger partial charge in [-0.3, -0.25) is 9.78 Å². The van der Waals surface area contributed by atoms with Gasteiger partial charge in [0, 0.05) is 12.2 Å². The highest BCUT2D eigenvalue weighted by Gasteiger charge is 2.26. The van der Waals surface area contributed by atoms with E-state index in [2.05, 4.69) is 10.3 Å². The van der Waals surface area contributed by atoms with E-state index in [1.165, 1.54) is 11.3 Å². The molecule has 3 N–H and O–H groups in total. The summed E-state index contributed by atoms with van der Waals surface area (Å²) in [5, 5.41) is 2.94. The summed E-state index contributed by atoms with van der Waals surface area (Å²) in [6.07, 6.45) is 3.84. The molecule has 0 radical (unpaired) electrons. The summed E-state index contributed by atoms with van der Waals surface area (Å²) >= 11 is 1.40. The number of aromatic nitrogens is 1. The maximum absolute atomic E-state index is 11.9. The van der Waals surface area contributed by atoms with Crippen LogP contribution in [0.15, 0.2) is 18.3 Å². The van der Waals surface area contributed by atoms with Crippen LogP contribution in [0.4, 0.5) is 5.69 Å². The maximum atomic E-state index is 11.9. The minimum absolute atomic E-state index is 0.0667. The van der Waals surface area contributed by atoms with Crippen LogP contribution in [0.3, 0.4) is 0 Å². The van der Waals surface area contributed by atoms with E-state index < -0.39 is 0 Å². The number of hydrogen-bond acceptors (Lipinski definition) is 4. The second kappa shape index (κ2) is 3.45. The predicted molar refractivity (Wildman–Crippen MR) is 64.5 cm³/mol. The van der Waals surface area contributed by atoms with Crippen LogP contribution in [-0.2, 0) is 0 Å². The average Bonchev–Trinajstić information content (AvgIpc) is 3.03. The van der Waals surface area contributed by atoms with E-state index in [0.717, 1.165) is 23.1 Å². The van der Waals surface area contributed by atoms with Crippen molar-refractivity contribution in [3.63, 3.8) is 0 Å². The molecule has 0 aromatic carbocycles. The van der Waals surface area contributed by atoms with Gasteiger partial charge in [-0.2, -0.15) is 0 Å². The molecule has 0 aliphatic heterocycles. The number of rotatable bonds is 2. The first kappa shape index (κ1) is 9.59. The molecular weight excluding hydrogens is 222 g/mol. The third kappa shape index (κ3) is 1.53. The fourth-order valence-corrected chi connectivity index (χ4v) is 2.58. The molecular formula is C11H11N3OS. The number of nitrogens with two attached hydrogens (primary N) is 1. The van der Waals surface area contributed by atoms with Crippen molar-refractivity contribution < 1.29 is 4.79 Å². The molecule has 1 fully saturated rings. The topological polar surface area (TPSA) is 68.0 Å². The molecule has 16 heavy (non-hydrogen) atoms. The van der Waals surface area contributed by atoms with Crippen molar-refractivity contribution in [2.24, 2.45) is 0 Å². The maximum Gasteiger partial charge on any atom is 0.263 e. The van der Waals surface area contributed by atoms with Gasteiger partial charge in [0.15, 0.2) is 0 Å². The molecule has 0 spiro atoms. The fraction of sp³-hybridized carbons (Fsp3) is 0.273. The Bertz CT molecular complexity index is 559. The van der Waals surface area contributed by atoms with Gasteiger partial charge in [0.25, 0.3) is 5.91 Å². The Morgan fingerprint density at radius 1 is 1.56 bits per heavy atom. The molecule has 0 unspecified atom stereocenters. The SMILES string of the molecule is Nc1c(C(=O)NC2CC2)sc2cccnc12. The zero-order valence-electron chi connectivity index (χ0n) is 8.56. The monoisotopic (exact) mass is 233 g/mol. The number of carbonyl (C=O) groups excluding carboxylic acids is 1. The van der Waals surface area contributed by atoms with E-state index in [0.29, 0.717) is 16.6 Å². The number of nitrogens with one attached hydrogen (secondary N) is 1. The summed E-state index contributed by atoms with van der Waals surface area (Å²) < 4.78 is 0.959. The Hall–Kier alpha value is -1.62. The van der Waals surface area contributed by atoms with Crippen LogP contribution < -0.4 is 11.1 Å². The number of nitrogen functional groups attached to an aromatic ring is 1. The lowest BCUT2D eigenvalue weighted by molar-refractivity contribution is 0.0956. The molecule has 0 saturated heterocycles. The highest BCUT2D eigenvalue weighted by molar-refractivity contribution is 7.21. The Morgan fingerprint density at radius 2 is 2.38 bits per heavy atom. The Morgan fingerprint density at radius 3 is 3.06 bits per heavy atom. The summed E-state index contributed by atoms with van der Waals surface area (Å²) in [5.74, 6) is -0.0667. The van der Waals surface area contributed by atoms with Crippen LogP contribution in [-0.4, -0.2) is 16.9 Å². The lowest BCUT2D eigenvalue weighted by Gasteiger charge is -2.00. The minimum atomic E-state index is -0.0667. The molecule has 1 aliphatic carbocycles. The number of fused-ring (bicyclic) bond motifs is 1. The lowest BCUT2D eigenvalue weighted by atomic mass is 10.3. The zero-order chi connectivity index (χ0) is 11.1. The van der Waals surface area contributed by atoms with Gasteiger partial charge in [-0.15, -0.1) is 11.3 Å². The van der Waals surface area contributed by atoms with Crippen LogP contribution in [0.25, 0.3) is 10.2 Å². The number of nitrogens with zero attached hydrogens (tertiary/aromatic N) is 1. The third-order valence-corrected chi connectivity index (χ3v) is 3.76. The van der Waals surface area contributed by atoms with Crippen molar-refractivity contribution >= 4 is 33.1 Å². The Balaban J connectivity index is 2.02. The smallest absolute Gasteiger partial charge is 0.263 e. The van der Waals surface area contributed by atoms with Gasteiger partial charge >= 0.3 is 0 Å². The quantitative estimate of drug-likeness (QED) is 0.830. The van der Waals surface area contributed by atoms with Gasteiger partial charge in [-0.25, -0.2) is 0 Å². The van der Waals surface area contributed by atoms with Gasteiger partial charge in [-0.05, 0) is 25.0 Å². The molecule has 2 aromatic rings. The molecule has 2 heterocycles. The van der Waals surface area contributed by atoms with Crippen molar-refractivity contribution in [2.45, 2.75) is 18.9 Å². The average molecular weight is 233 g/mol. The van der Waals surface area contributed by atoms with Crippen LogP contribution in [0.1, 0.15) is 22.5 Å². The van der Waals surface area contributed by atoms with E-state index >= 15 is 0 Å². The standard InChI is InChI=1S/C11H11N3OS/c12-8-9-7(2-1-5-13-9)16-10(8)11(15)14-6-3-4-6/h1-2,5-6H,3-4,12H2,(H,14,15). The third-order valence-electron chi connectivity index (χ3n) is 2.60. The highest BCUT2D eigenvalue weighted by Crippen LogP contribution is 2.32.